The molecule has 1 aromatic heterocycles. The van der Waals surface area contributed by atoms with Gasteiger partial charge in [0.05, 0.1) is 30.3 Å². The molecule has 0 saturated carbocycles. The van der Waals surface area contributed by atoms with Crippen LogP contribution in [0.1, 0.15) is 49.2 Å². The molecule has 1 amide bonds. The van der Waals surface area contributed by atoms with Crippen LogP contribution in [0, 0.1) is 6.92 Å². The Bertz CT molecular complexity index is 1200. The van der Waals surface area contributed by atoms with Gasteiger partial charge in [-0.2, -0.15) is 0 Å². The standard InChI is InChI=1S/C20H22N4.C9H18N2O2/c1-13-5-6-14-10-18-15(4-3-7-23-18)9-17(16(14)8-13)20(21)19-11-22-12-24(19)2;1-9(2,3)13-8(12)11-6-4-10-5-7-11/h3-9,11-12,18,20,23H,10,21H2,1-2H3;10H,4-7H2,1-3H3. The van der Waals surface area contributed by atoms with E-state index in [-0.39, 0.29) is 17.7 Å². The highest BCUT2D eigenvalue weighted by Gasteiger charge is 2.26. The fourth-order valence-electron chi connectivity index (χ4n) is 4.74. The van der Waals surface area contributed by atoms with Gasteiger partial charge in [0, 0.05) is 33.2 Å². The van der Waals surface area contributed by atoms with Crippen LogP contribution in [0.3, 0.4) is 0 Å². The fourth-order valence-corrected chi connectivity index (χ4v) is 4.74. The second-order valence-corrected chi connectivity index (χ2v) is 10.8. The molecule has 37 heavy (non-hydrogen) atoms. The van der Waals surface area contributed by atoms with E-state index >= 15 is 0 Å². The van der Waals surface area contributed by atoms with Crippen molar-refractivity contribution >= 4 is 11.7 Å². The number of aromatic nitrogens is 2. The van der Waals surface area contributed by atoms with E-state index in [2.05, 4.69) is 59.0 Å². The van der Waals surface area contributed by atoms with Crippen LogP contribution >= 0.6 is 0 Å². The first kappa shape index (κ1) is 26.7. The van der Waals surface area contributed by atoms with E-state index in [0.29, 0.717) is 6.04 Å². The number of hydrogen-bond acceptors (Lipinski definition) is 6. The van der Waals surface area contributed by atoms with Crippen molar-refractivity contribution in [1.29, 1.82) is 0 Å². The lowest BCUT2D eigenvalue weighted by atomic mass is 9.91. The average Bonchev–Trinajstić information content (AvgIpc) is 3.22. The van der Waals surface area contributed by atoms with Gasteiger partial charge in [-0.15, -0.1) is 0 Å². The Balaban J connectivity index is 0.000000209. The molecule has 2 atom stereocenters. The number of benzene rings is 1. The summed E-state index contributed by atoms with van der Waals surface area (Å²) < 4.78 is 7.23. The van der Waals surface area contributed by atoms with E-state index in [4.69, 9.17) is 10.5 Å². The molecule has 1 fully saturated rings. The summed E-state index contributed by atoms with van der Waals surface area (Å²) in [4.78, 5) is 17.5. The minimum Gasteiger partial charge on any atom is -0.444 e. The quantitative estimate of drug-likeness (QED) is 0.578. The summed E-state index contributed by atoms with van der Waals surface area (Å²) in [6, 6.07) is 6.76. The van der Waals surface area contributed by atoms with E-state index in [1.54, 1.807) is 11.2 Å². The molecule has 0 spiro atoms. The molecule has 2 unspecified atom stereocenters. The lowest BCUT2D eigenvalue weighted by Crippen LogP contribution is -2.48. The molecule has 4 N–H and O–H groups in total. The number of rotatable bonds is 2. The van der Waals surface area contributed by atoms with Crippen molar-refractivity contribution in [1.82, 2.24) is 25.1 Å². The van der Waals surface area contributed by atoms with Gasteiger partial charge in [0.15, 0.2) is 0 Å². The highest BCUT2D eigenvalue weighted by Crippen LogP contribution is 2.36. The summed E-state index contributed by atoms with van der Waals surface area (Å²) in [6.45, 7) is 11.0. The summed E-state index contributed by atoms with van der Waals surface area (Å²) in [6.07, 6.45) is 12.9. The summed E-state index contributed by atoms with van der Waals surface area (Å²) in [5, 5.41) is 6.65. The van der Waals surface area contributed by atoms with Gasteiger partial charge in [0.25, 0.3) is 0 Å². The maximum Gasteiger partial charge on any atom is 0.410 e. The predicted octanol–water partition coefficient (Wildman–Crippen LogP) is 3.61. The van der Waals surface area contributed by atoms with Gasteiger partial charge < -0.3 is 30.6 Å². The molecule has 2 aliphatic heterocycles. The molecule has 1 aromatic carbocycles. The van der Waals surface area contributed by atoms with Gasteiger partial charge in [0.2, 0.25) is 0 Å². The zero-order chi connectivity index (χ0) is 26.6. The van der Waals surface area contributed by atoms with Crippen LogP contribution in [0.25, 0.3) is 5.57 Å². The highest BCUT2D eigenvalue weighted by atomic mass is 16.6. The highest BCUT2D eigenvalue weighted by molar-refractivity contribution is 5.77. The summed E-state index contributed by atoms with van der Waals surface area (Å²) in [5.74, 6) is 0. The second-order valence-electron chi connectivity index (χ2n) is 10.8. The van der Waals surface area contributed by atoms with Crippen molar-refractivity contribution in [2.75, 3.05) is 26.2 Å². The Morgan fingerprint density at radius 2 is 2.00 bits per heavy atom. The molecule has 0 radical (unpaired) electrons. The molecule has 8 nitrogen and oxygen atoms in total. The number of piperazine rings is 1. The SMILES string of the molecule is CC(C)(C)OC(=O)N1CCNCC1.Cc1ccc2c(c1)C(C(N)c1cncn1C)=CC1=CC=CNC1C2. The number of nitrogens with zero attached hydrogens (tertiary/aromatic N) is 3. The maximum absolute atomic E-state index is 11.5. The van der Waals surface area contributed by atoms with Crippen molar-refractivity contribution in [3.8, 4) is 0 Å². The Hall–Kier alpha value is -3.36. The first-order valence-corrected chi connectivity index (χ1v) is 13.0. The average molecular weight is 505 g/mol. The van der Waals surface area contributed by atoms with Crippen LogP contribution in [0.15, 0.2) is 60.7 Å². The van der Waals surface area contributed by atoms with Gasteiger partial charge in [-0.1, -0.05) is 35.9 Å². The molecular formula is C29H40N6O2. The number of hydrogen-bond donors (Lipinski definition) is 3. The van der Waals surface area contributed by atoms with Crippen LogP contribution in [-0.4, -0.2) is 58.4 Å². The van der Waals surface area contributed by atoms with Gasteiger partial charge >= 0.3 is 6.09 Å². The number of allylic oxidation sites excluding steroid dienone is 2. The fraction of sp³-hybridized carbons (Fsp3) is 0.448. The van der Waals surface area contributed by atoms with Crippen molar-refractivity contribution < 1.29 is 9.53 Å². The molecule has 1 aliphatic carbocycles. The number of dihydropyridines is 1. The Morgan fingerprint density at radius 1 is 1.24 bits per heavy atom. The molecule has 2 aromatic rings. The Kier molecular flexibility index (Phi) is 8.19. The molecule has 0 bridgehead atoms. The van der Waals surface area contributed by atoms with Crippen molar-refractivity contribution in [2.24, 2.45) is 12.8 Å². The van der Waals surface area contributed by atoms with E-state index in [0.717, 1.165) is 43.9 Å². The third-order valence-corrected chi connectivity index (χ3v) is 6.68. The number of amides is 1. The van der Waals surface area contributed by atoms with Gasteiger partial charge in [-0.05, 0) is 68.7 Å². The number of aryl methyl sites for hydroxylation is 2. The second kappa shape index (κ2) is 11.4. The zero-order valence-electron chi connectivity index (χ0n) is 22.6. The van der Waals surface area contributed by atoms with E-state index in [9.17, 15) is 4.79 Å². The smallest absolute Gasteiger partial charge is 0.410 e. The van der Waals surface area contributed by atoms with Crippen LogP contribution < -0.4 is 16.4 Å². The minimum atomic E-state index is -0.387. The molecule has 8 heteroatoms. The predicted molar refractivity (Wildman–Crippen MR) is 148 cm³/mol. The normalized spacial score (nSPS) is 19.6. The van der Waals surface area contributed by atoms with Gasteiger partial charge in [-0.3, -0.25) is 0 Å². The lowest BCUT2D eigenvalue weighted by Gasteiger charge is -2.30. The first-order chi connectivity index (χ1) is 17.6. The van der Waals surface area contributed by atoms with Gasteiger partial charge in [0.1, 0.15) is 5.60 Å². The summed E-state index contributed by atoms with van der Waals surface area (Å²) in [5.41, 5.74) is 13.6. The third kappa shape index (κ3) is 6.70. The molecule has 198 valence electrons. The number of carbonyl (C=O) groups excluding carboxylic acids is 1. The van der Waals surface area contributed by atoms with Crippen LogP contribution in [-0.2, 0) is 18.2 Å². The number of carbonyl (C=O) groups is 1. The lowest BCUT2D eigenvalue weighted by molar-refractivity contribution is 0.0229. The molecule has 5 rings (SSSR count). The number of imidazole rings is 1. The summed E-state index contributed by atoms with van der Waals surface area (Å²) in [7, 11) is 1.99. The van der Waals surface area contributed by atoms with Crippen LogP contribution in [0.2, 0.25) is 0 Å². The van der Waals surface area contributed by atoms with Crippen molar-refractivity contribution in [2.45, 2.75) is 51.8 Å². The molecule has 1 saturated heterocycles. The van der Waals surface area contributed by atoms with E-state index < -0.39 is 0 Å². The van der Waals surface area contributed by atoms with Crippen molar-refractivity contribution in [3.63, 3.8) is 0 Å². The number of ether oxygens (including phenoxy) is 1. The first-order valence-electron chi connectivity index (χ1n) is 13.0. The zero-order valence-corrected chi connectivity index (χ0v) is 22.6. The van der Waals surface area contributed by atoms with Crippen LogP contribution in [0.4, 0.5) is 4.79 Å². The third-order valence-electron chi connectivity index (χ3n) is 6.68. The monoisotopic (exact) mass is 504 g/mol. The molecule has 3 heterocycles. The van der Waals surface area contributed by atoms with Crippen molar-refractivity contribution in [3.05, 3.63) is 83.1 Å². The number of nitrogens with one attached hydrogen (secondary N) is 2. The van der Waals surface area contributed by atoms with E-state index in [1.165, 1.54) is 22.3 Å². The van der Waals surface area contributed by atoms with Crippen LogP contribution in [0.5, 0.6) is 0 Å². The molecular weight excluding hydrogens is 464 g/mol. The van der Waals surface area contributed by atoms with E-state index in [1.807, 2.05) is 44.8 Å². The Morgan fingerprint density at radius 3 is 2.68 bits per heavy atom. The minimum absolute atomic E-state index is 0.200. The maximum atomic E-state index is 11.5. The Labute approximate surface area is 220 Å². The number of fused-ring (bicyclic) bond motifs is 2. The topological polar surface area (TPSA) is 97.4 Å². The molecule has 3 aliphatic rings. The largest absolute Gasteiger partial charge is 0.444 e. The number of nitrogens with two attached hydrogens (primary N) is 1. The van der Waals surface area contributed by atoms with Gasteiger partial charge in [-0.25, -0.2) is 9.78 Å². The summed E-state index contributed by atoms with van der Waals surface area (Å²) >= 11 is 0.